The zero-order valence-corrected chi connectivity index (χ0v) is 11.3. The van der Waals surface area contributed by atoms with Crippen molar-refractivity contribution in [3.8, 4) is 16.5 Å². The minimum atomic E-state index is -0.327. The van der Waals surface area contributed by atoms with Gasteiger partial charge in [-0.2, -0.15) is 5.26 Å². The summed E-state index contributed by atoms with van der Waals surface area (Å²) in [5.41, 5.74) is 7.83. The Bertz CT molecular complexity index is 628. The van der Waals surface area contributed by atoms with E-state index in [1.54, 1.807) is 12.1 Å². The van der Waals surface area contributed by atoms with Gasteiger partial charge in [-0.3, -0.25) is 0 Å². The van der Waals surface area contributed by atoms with Gasteiger partial charge in [-0.05, 0) is 34.5 Å². The van der Waals surface area contributed by atoms with Crippen molar-refractivity contribution in [2.24, 2.45) is 0 Å². The lowest BCUT2D eigenvalue weighted by Gasteiger charge is -2.04. The average Bonchev–Trinajstić information content (AvgIpc) is 2.60. The van der Waals surface area contributed by atoms with Gasteiger partial charge in [-0.15, -0.1) is 11.3 Å². The first kappa shape index (κ1) is 12.1. The molecule has 2 aromatic rings. The SMILES string of the molecule is Cc1c(-c2cccc(F)c2Br)sc(C#N)c1N. The molecule has 17 heavy (non-hydrogen) atoms. The number of anilines is 1. The number of nitrogens with two attached hydrogens (primary N) is 1. The van der Waals surface area contributed by atoms with E-state index in [0.29, 0.717) is 15.0 Å². The molecule has 1 aromatic carbocycles. The third-order valence-electron chi connectivity index (χ3n) is 2.49. The molecule has 0 fully saturated rings. The largest absolute Gasteiger partial charge is 0.397 e. The normalized spacial score (nSPS) is 10.2. The van der Waals surface area contributed by atoms with Gasteiger partial charge in [-0.1, -0.05) is 12.1 Å². The first-order valence-corrected chi connectivity index (χ1v) is 6.40. The van der Waals surface area contributed by atoms with Crippen LogP contribution >= 0.6 is 27.3 Å². The summed E-state index contributed by atoms with van der Waals surface area (Å²) >= 11 is 4.49. The molecule has 86 valence electrons. The topological polar surface area (TPSA) is 49.8 Å². The quantitative estimate of drug-likeness (QED) is 0.862. The van der Waals surface area contributed by atoms with Crippen molar-refractivity contribution in [3.63, 3.8) is 0 Å². The maximum Gasteiger partial charge on any atom is 0.138 e. The van der Waals surface area contributed by atoms with Crippen LogP contribution < -0.4 is 5.73 Å². The maximum absolute atomic E-state index is 13.4. The number of nitrogens with zero attached hydrogens (tertiary/aromatic N) is 1. The van der Waals surface area contributed by atoms with Crippen LogP contribution in [0.4, 0.5) is 10.1 Å². The third kappa shape index (κ3) is 1.94. The van der Waals surface area contributed by atoms with Crippen LogP contribution in [-0.4, -0.2) is 0 Å². The lowest BCUT2D eigenvalue weighted by atomic mass is 10.1. The summed E-state index contributed by atoms with van der Waals surface area (Å²) in [5.74, 6) is -0.327. The van der Waals surface area contributed by atoms with Crippen LogP contribution in [-0.2, 0) is 0 Å². The number of hydrogen-bond donors (Lipinski definition) is 1. The van der Waals surface area contributed by atoms with E-state index in [1.165, 1.54) is 17.4 Å². The maximum atomic E-state index is 13.4. The molecule has 2 N–H and O–H groups in total. The Morgan fingerprint density at radius 2 is 2.18 bits per heavy atom. The molecule has 1 aromatic heterocycles. The molecular weight excluding hydrogens is 303 g/mol. The van der Waals surface area contributed by atoms with Gasteiger partial charge in [0.1, 0.15) is 16.8 Å². The van der Waals surface area contributed by atoms with Crippen LogP contribution in [0.2, 0.25) is 0 Å². The lowest BCUT2D eigenvalue weighted by molar-refractivity contribution is 0.622. The highest BCUT2D eigenvalue weighted by molar-refractivity contribution is 9.10. The number of benzene rings is 1. The van der Waals surface area contributed by atoms with Crippen molar-refractivity contribution >= 4 is 33.0 Å². The lowest BCUT2D eigenvalue weighted by Crippen LogP contribution is -1.88. The molecule has 0 saturated carbocycles. The van der Waals surface area contributed by atoms with Gasteiger partial charge in [0.15, 0.2) is 0 Å². The molecule has 0 saturated heterocycles. The summed E-state index contributed by atoms with van der Waals surface area (Å²) in [5, 5.41) is 8.92. The molecule has 0 aliphatic rings. The van der Waals surface area contributed by atoms with Crippen molar-refractivity contribution in [2.45, 2.75) is 6.92 Å². The minimum absolute atomic E-state index is 0.327. The van der Waals surface area contributed by atoms with Crippen molar-refractivity contribution < 1.29 is 4.39 Å². The van der Waals surface area contributed by atoms with Crippen molar-refractivity contribution in [3.05, 3.63) is 38.9 Å². The van der Waals surface area contributed by atoms with Crippen molar-refractivity contribution in [2.75, 3.05) is 5.73 Å². The Labute approximate surface area is 111 Å². The number of nitrogen functional groups attached to an aromatic ring is 1. The van der Waals surface area contributed by atoms with Crippen LogP contribution in [0.25, 0.3) is 10.4 Å². The van der Waals surface area contributed by atoms with E-state index >= 15 is 0 Å². The molecule has 2 nitrogen and oxygen atoms in total. The Hall–Kier alpha value is -1.38. The number of nitriles is 1. The second kappa shape index (κ2) is 4.47. The highest BCUT2D eigenvalue weighted by atomic mass is 79.9. The fraction of sp³-hybridized carbons (Fsp3) is 0.0833. The number of halogens is 2. The molecule has 0 radical (unpaired) electrons. The highest BCUT2D eigenvalue weighted by Crippen LogP contribution is 2.41. The molecule has 0 amide bonds. The Kier molecular flexibility index (Phi) is 3.18. The van der Waals surface area contributed by atoms with E-state index in [1.807, 2.05) is 13.0 Å². The van der Waals surface area contributed by atoms with Crippen molar-refractivity contribution in [1.82, 2.24) is 0 Å². The minimum Gasteiger partial charge on any atom is -0.397 e. The monoisotopic (exact) mass is 310 g/mol. The molecule has 0 bridgehead atoms. The first-order valence-electron chi connectivity index (χ1n) is 4.79. The second-order valence-electron chi connectivity index (χ2n) is 3.51. The van der Waals surface area contributed by atoms with Crippen LogP contribution in [0.5, 0.6) is 0 Å². The van der Waals surface area contributed by atoms with Crippen LogP contribution in [0.1, 0.15) is 10.4 Å². The fourth-order valence-electron chi connectivity index (χ4n) is 1.55. The fourth-order valence-corrected chi connectivity index (χ4v) is 3.20. The molecule has 1 heterocycles. The van der Waals surface area contributed by atoms with Gasteiger partial charge < -0.3 is 5.73 Å². The predicted octanol–water partition coefficient (Wildman–Crippen LogP) is 4.08. The summed E-state index contributed by atoms with van der Waals surface area (Å²) in [7, 11) is 0. The first-order chi connectivity index (χ1) is 8.06. The summed E-state index contributed by atoms with van der Waals surface area (Å²) in [4.78, 5) is 1.29. The molecular formula is C12H8BrFN2S. The smallest absolute Gasteiger partial charge is 0.138 e. The summed E-state index contributed by atoms with van der Waals surface area (Å²) < 4.78 is 13.8. The summed E-state index contributed by atoms with van der Waals surface area (Å²) in [6.07, 6.45) is 0. The standard InChI is InChI=1S/C12H8BrFN2S/c1-6-11(16)9(5-15)17-12(6)7-3-2-4-8(14)10(7)13/h2-4H,16H2,1H3. The molecule has 0 aliphatic heterocycles. The number of thiophene rings is 1. The zero-order valence-electron chi connectivity index (χ0n) is 8.92. The van der Waals surface area contributed by atoms with E-state index in [9.17, 15) is 4.39 Å². The average molecular weight is 311 g/mol. The summed E-state index contributed by atoms with van der Waals surface area (Å²) in [6.45, 7) is 1.83. The molecule has 0 aliphatic carbocycles. The van der Waals surface area contributed by atoms with Gasteiger partial charge >= 0.3 is 0 Å². The van der Waals surface area contributed by atoms with Gasteiger partial charge in [0, 0.05) is 10.4 Å². The van der Waals surface area contributed by atoms with Crippen molar-refractivity contribution in [1.29, 1.82) is 5.26 Å². The van der Waals surface area contributed by atoms with Crippen LogP contribution in [0, 0.1) is 24.1 Å². The third-order valence-corrected chi connectivity index (χ3v) is 4.54. The van der Waals surface area contributed by atoms with E-state index in [2.05, 4.69) is 15.9 Å². The molecule has 0 atom stereocenters. The zero-order chi connectivity index (χ0) is 12.6. The van der Waals surface area contributed by atoms with Crippen LogP contribution in [0.15, 0.2) is 22.7 Å². The van der Waals surface area contributed by atoms with E-state index in [-0.39, 0.29) is 5.82 Å². The predicted molar refractivity (Wildman–Crippen MR) is 71.3 cm³/mol. The van der Waals surface area contributed by atoms with Gasteiger partial charge in [-0.25, -0.2) is 4.39 Å². The van der Waals surface area contributed by atoms with Gasteiger partial charge in [0.05, 0.1) is 10.2 Å². The Morgan fingerprint density at radius 3 is 2.76 bits per heavy atom. The van der Waals surface area contributed by atoms with Gasteiger partial charge in [0.25, 0.3) is 0 Å². The number of hydrogen-bond acceptors (Lipinski definition) is 3. The summed E-state index contributed by atoms with van der Waals surface area (Å²) in [6, 6.07) is 6.86. The Morgan fingerprint density at radius 1 is 1.47 bits per heavy atom. The molecule has 2 rings (SSSR count). The molecule has 5 heteroatoms. The molecule has 0 spiro atoms. The molecule has 0 unspecified atom stereocenters. The van der Waals surface area contributed by atoms with E-state index in [4.69, 9.17) is 11.0 Å². The van der Waals surface area contributed by atoms with Crippen LogP contribution in [0.3, 0.4) is 0 Å². The second-order valence-corrected chi connectivity index (χ2v) is 5.33. The number of rotatable bonds is 1. The van der Waals surface area contributed by atoms with E-state index < -0.39 is 0 Å². The van der Waals surface area contributed by atoms with Gasteiger partial charge in [0.2, 0.25) is 0 Å². The highest BCUT2D eigenvalue weighted by Gasteiger charge is 2.16. The Balaban J connectivity index is 2.70. The van der Waals surface area contributed by atoms with E-state index in [0.717, 1.165) is 16.0 Å².